The predicted octanol–water partition coefficient (Wildman–Crippen LogP) is 3.86. The van der Waals surface area contributed by atoms with E-state index in [-0.39, 0.29) is 24.1 Å². The first-order chi connectivity index (χ1) is 13.9. The van der Waals surface area contributed by atoms with Crippen LogP contribution in [0.1, 0.15) is 18.1 Å². The standard InChI is InChI=1S/C22H26N4O2S/c1-5-26-19-9-7-6-8-17(19)24-22(26)29-14-21(28)25(4)13-20(27)23-18-12-15(2)10-11-16(18)3/h6-12H,5,13-14H2,1-4H3,(H,23,27). The van der Waals surface area contributed by atoms with Crippen molar-refractivity contribution in [3.63, 3.8) is 0 Å². The number of carbonyl (C=O) groups excluding carboxylic acids is 2. The minimum atomic E-state index is -0.208. The Morgan fingerprint density at radius 3 is 2.69 bits per heavy atom. The molecule has 1 aromatic heterocycles. The van der Waals surface area contributed by atoms with Crippen molar-refractivity contribution in [2.45, 2.75) is 32.5 Å². The van der Waals surface area contributed by atoms with Gasteiger partial charge in [-0.3, -0.25) is 9.59 Å². The average molecular weight is 411 g/mol. The number of rotatable bonds is 7. The van der Waals surface area contributed by atoms with Crippen LogP contribution in [0.3, 0.4) is 0 Å². The first kappa shape index (κ1) is 20.9. The fourth-order valence-corrected chi connectivity index (χ4v) is 4.09. The van der Waals surface area contributed by atoms with Gasteiger partial charge in [0.15, 0.2) is 5.16 Å². The number of carbonyl (C=O) groups is 2. The van der Waals surface area contributed by atoms with Crippen molar-refractivity contribution in [2.75, 3.05) is 24.7 Å². The van der Waals surface area contributed by atoms with Gasteiger partial charge in [-0.25, -0.2) is 4.98 Å². The number of likely N-dealkylation sites (N-methyl/N-ethyl adjacent to an activating group) is 1. The lowest BCUT2D eigenvalue weighted by Crippen LogP contribution is -2.36. The van der Waals surface area contributed by atoms with Crippen molar-refractivity contribution >= 4 is 40.3 Å². The molecule has 0 aliphatic heterocycles. The van der Waals surface area contributed by atoms with Crippen LogP contribution in [-0.2, 0) is 16.1 Å². The summed E-state index contributed by atoms with van der Waals surface area (Å²) in [7, 11) is 1.65. The van der Waals surface area contributed by atoms with Crippen molar-refractivity contribution in [3.05, 3.63) is 53.6 Å². The van der Waals surface area contributed by atoms with Crippen LogP contribution in [0.4, 0.5) is 5.69 Å². The summed E-state index contributed by atoms with van der Waals surface area (Å²) in [5.41, 5.74) is 4.83. The third-order valence-electron chi connectivity index (χ3n) is 4.73. The van der Waals surface area contributed by atoms with E-state index in [1.807, 2.05) is 56.3 Å². The average Bonchev–Trinajstić information content (AvgIpc) is 3.06. The van der Waals surface area contributed by atoms with Gasteiger partial charge in [0, 0.05) is 19.3 Å². The zero-order chi connectivity index (χ0) is 21.0. The maximum atomic E-state index is 12.5. The number of nitrogens with one attached hydrogen (secondary N) is 1. The van der Waals surface area contributed by atoms with Crippen LogP contribution >= 0.6 is 11.8 Å². The lowest BCUT2D eigenvalue weighted by molar-refractivity contribution is -0.131. The number of benzene rings is 2. The third kappa shape index (κ3) is 4.98. The molecule has 1 N–H and O–H groups in total. The molecule has 152 valence electrons. The van der Waals surface area contributed by atoms with E-state index in [1.54, 1.807) is 7.05 Å². The first-order valence-electron chi connectivity index (χ1n) is 9.58. The topological polar surface area (TPSA) is 67.2 Å². The van der Waals surface area contributed by atoms with Crippen LogP contribution in [-0.4, -0.2) is 45.6 Å². The molecule has 2 amide bonds. The lowest BCUT2D eigenvalue weighted by Gasteiger charge is -2.17. The minimum Gasteiger partial charge on any atom is -0.336 e. The number of hydrogen-bond acceptors (Lipinski definition) is 4. The number of fused-ring (bicyclic) bond motifs is 1. The minimum absolute atomic E-state index is 0.0109. The molecule has 7 heteroatoms. The Balaban J connectivity index is 1.58. The molecule has 2 aromatic carbocycles. The largest absolute Gasteiger partial charge is 0.336 e. The molecule has 0 saturated carbocycles. The lowest BCUT2D eigenvalue weighted by atomic mass is 10.1. The van der Waals surface area contributed by atoms with Gasteiger partial charge in [0.25, 0.3) is 0 Å². The fraction of sp³-hybridized carbons (Fsp3) is 0.318. The van der Waals surface area contributed by atoms with E-state index in [0.717, 1.165) is 39.5 Å². The van der Waals surface area contributed by atoms with E-state index in [1.165, 1.54) is 16.7 Å². The van der Waals surface area contributed by atoms with E-state index < -0.39 is 0 Å². The monoisotopic (exact) mass is 410 g/mol. The highest BCUT2D eigenvalue weighted by Crippen LogP contribution is 2.24. The molecule has 3 rings (SSSR count). The maximum absolute atomic E-state index is 12.5. The first-order valence-corrected chi connectivity index (χ1v) is 10.6. The van der Waals surface area contributed by atoms with Crippen LogP contribution in [0.15, 0.2) is 47.6 Å². The number of thioether (sulfide) groups is 1. The molecule has 0 fully saturated rings. The smallest absolute Gasteiger partial charge is 0.243 e. The van der Waals surface area contributed by atoms with Crippen molar-refractivity contribution in [3.8, 4) is 0 Å². The Morgan fingerprint density at radius 1 is 1.17 bits per heavy atom. The third-order valence-corrected chi connectivity index (χ3v) is 5.70. The number of anilines is 1. The van der Waals surface area contributed by atoms with Crippen molar-refractivity contribution in [1.29, 1.82) is 0 Å². The van der Waals surface area contributed by atoms with Crippen LogP contribution in [0.2, 0.25) is 0 Å². The summed E-state index contributed by atoms with van der Waals surface area (Å²) >= 11 is 1.40. The molecule has 0 bridgehead atoms. The summed E-state index contributed by atoms with van der Waals surface area (Å²) in [6.07, 6.45) is 0. The molecule has 0 unspecified atom stereocenters. The van der Waals surface area contributed by atoms with Crippen LogP contribution < -0.4 is 5.32 Å². The summed E-state index contributed by atoms with van der Waals surface area (Å²) in [5, 5.41) is 3.71. The number of para-hydroxylation sites is 2. The number of aryl methyl sites for hydroxylation is 3. The van der Waals surface area contributed by atoms with Crippen molar-refractivity contribution in [1.82, 2.24) is 14.5 Å². The van der Waals surface area contributed by atoms with E-state index in [2.05, 4.69) is 21.8 Å². The SMILES string of the molecule is CCn1c(SCC(=O)N(C)CC(=O)Nc2cc(C)ccc2C)nc2ccccc21. The molecule has 0 radical (unpaired) electrons. The van der Waals surface area contributed by atoms with Gasteiger partial charge in [0.2, 0.25) is 11.8 Å². The maximum Gasteiger partial charge on any atom is 0.243 e. The second kappa shape index (κ2) is 9.13. The molecule has 3 aromatic rings. The van der Waals surface area contributed by atoms with E-state index in [4.69, 9.17) is 0 Å². The zero-order valence-electron chi connectivity index (χ0n) is 17.2. The molecular formula is C22H26N4O2S. The van der Waals surface area contributed by atoms with Gasteiger partial charge in [-0.15, -0.1) is 0 Å². The number of nitrogens with zero attached hydrogens (tertiary/aromatic N) is 3. The Bertz CT molecular complexity index is 1040. The summed E-state index contributed by atoms with van der Waals surface area (Å²) in [4.78, 5) is 31.0. The fourth-order valence-electron chi connectivity index (χ4n) is 3.07. The molecule has 6 nitrogen and oxygen atoms in total. The van der Waals surface area contributed by atoms with Crippen LogP contribution in [0.25, 0.3) is 11.0 Å². The second-order valence-corrected chi connectivity index (χ2v) is 7.97. The molecule has 29 heavy (non-hydrogen) atoms. The molecule has 1 heterocycles. The number of imidazole rings is 1. The zero-order valence-corrected chi connectivity index (χ0v) is 18.0. The Hall–Kier alpha value is -2.80. The molecule has 0 saturated heterocycles. The normalized spacial score (nSPS) is 10.9. The summed E-state index contributed by atoms with van der Waals surface area (Å²) < 4.78 is 2.10. The molecule has 0 aliphatic rings. The highest BCUT2D eigenvalue weighted by atomic mass is 32.2. The number of amides is 2. The summed E-state index contributed by atoms with van der Waals surface area (Å²) in [6.45, 7) is 6.78. The predicted molar refractivity (Wildman–Crippen MR) is 118 cm³/mol. The Morgan fingerprint density at radius 2 is 1.93 bits per heavy atom. The van der Waals surface area contributed by atoms with Gasteiger partial charge in [0.05, 0.1) is 23.3 Å². The van der Waals surface area contributed by atoms with Crippen molar-refractivity contribution < 1.29 is 9.59 Å². The van der Waals surface area contributed by atoms with Gasteiger partial charge in [-0.2, -0.15) is 0 Å². The van der Waals surface area contributed by atoms with Gasteiger partial charge in [0.1, 0.15) is 0 Å². The summed E-state index contributed by atoms with van der Waals surface area (Å²) in [6, 6.07) is 13.8. The second-order valence-electron chi connectivity index (χ2n) is 7.03. The Kier molecular flexibility index (Phi) is 6.59. The van der Waals surface area contributed by atoms with Gasteiger partial charge in [-0.05, 0) is 50.1 Å². The molecule has 0 aliphatic carbocycles. The van der Waals surface area contributed by atoms with E-state index in [0.29, 0.717) is 0 Å². The van der Waals surface area contributed by atoms with Crippen LogP contribution in [0, 0.1) is 13.8 Å². The Labute approximate surface area is 175 Å². The molecular weight excluding hydrogens is 384 g/mol. The molecule has 0 atom stereocenters. The molecule has 0 spiro atoms. The van der Waals surface area contributed by atoms with Crippen molar-refractivity contribution in [2.24, 2.45) is 0 Å². The van der Waals surface area contributed by atoms with Crippen LogP contribution in [0.5, 0.6) is 0 Å². The van der Waals surface area contributed by atoms with E-state index >= 15 is 0 Å². The van der Waals surface area contributed by atoms with Gasteiger partial charge >= 0.3 is 0 Å². The highest BCUT2D eigenvalue weighted by Gasteiger charge is 2.16. The summed E-state index contributed by atoms with van der Waals surface area (Å²) in [5.74, 6) is -0.0856. The number of hydrogen-bond donors (Lipinski definition) is 1. The van der Waals surface area contributed by atoms with Gasteiger partial charge in [-0.1, -0.05) is 36.0 Å². The number of aromatic nitrogens is 2. The highest BCUT2D eigenvalue weighted by molar-refractivity contribution is 7.99. The quantitative estimate of drug-likeness (QED) is 0.601. The van der Waals surface area contributed by atoms with E-state index in [9.17, 15) is 9.59 Å². The van der Waals surface area contributed by atoms with Gasteiger partial charge < -0.3 is 14.8 Å².